The van der Waals surface area contributed by atoms with Crippen molar-refractivity contribution >= 4 is 11.5 Å². The number of benzene rings is 1. The largest absolute Gasteiger partial charge is 0.416 e. The fourth-order valence-corrected chi connectivity index (χ4v) is 2.42. The van der Waals surface area contributed by atoms with Crippen molar-refractivity contribution in [2.45, 2.75) is 19.1 Å². The molecule has 2 aromatic rings. The Bertz CT molecular complexity index is 550. The van der Waals surface area contributed by atoms with Gasteiger partial charge < -0.3 is 0 Å². The Balaban J connectivity index is 2.33. The lowest BCUT2D eigenvalue weighted by molar-refractivity contribution is -0.137. The fourth-order valence-electron chi connectivity index (χ4n) is 1.69. The van der Waals surface area contributed by atoms with E-state index in [1.54, 1.807) is 6.92 Å². The molecular weight excluding hydrogens is 277 g/mol. The quantitative estimate of drug-likeness (QED) is 0.672. The van der Waals surface area contributed by atoms with Crippen molar-refractivity contribution in [1.82, 2.24) is 15.0 Å². The minimum absolute atomic E-state index is 0.415. The standard InChI is InChI=1S/C11H11F3N4S/c1-6-10(19-18-17-6)9(16-15)7-2-4-8(5-3-7)11(12,13)14/h2-5,9,16H,15H2,1H3. The van der Waals surface area contributed by atoms with E-state index in [1.807, 2.05) is 0 Å². The highest BCUT2D eigenvalue weighted by atomic mass is 32.1. The SMILES string of the molecule is Cc1nnsc1C(NN)c1ccc(C(F)(F)F)cc1. The number of halogens is 3. The van der Waals surface area contributed by atoms with Gasteiger partial charge >= 0.3 is 6.18 Å². The van der Waals surface area contributed by atoms with E-state index in [9.17, 15) is 13.2 Å². The van der Waals surface area contributed by atoms with Crippen molar-refractivity contribution < 1.29 is 13.2 Å². The van der Waals surface area contributed by atoms with Crippen LogP contribution in [0.4, 0.5) is 13.2 Å². The summed E-state index contributed by atoms with van der Waals surface area (Å²) in [6, 6.07) is 4.44. The molecule has 0 radical (unpaired) electrons. The Kier molecular flexibility index (Phi) is 3.83. The molecule has 0 saturated heterocycles. The highest BCUT2D eigenvalue weighted by molar-refractivity contribution is 7.05. The number of aryl methyl sites for hydroxylation is 1. The topological polar surface area (TPSA) is 63.8 Å². The second-order valence-corrected chi connectivity index (χ2v) is 4.73. The van der Waals surface area contributed by atoms with Crippen LogP contribution in [0.25, 0.3) is 0 Å². The fraction of sp³-hybridized carbons (Fsp3) is 0.273. The van der Waals surface area contributed by atoms with Crippen molar-refractivity contribution in [3.8, 4) is 0 Å². The Labute approximate surface area is 111 Å². The van der Waals surface area contributed by atoms with E-state index < -0.39 is 17.8 Å². The third-order valence-electron chi connectivity index (χ3n) is 2.69. The summed E-state index contributed by atoms with van der Waals surface area (Å²) in [5.74, 6) is 5.47. The molecule has 1 unspecified atom stereocenters. The zero-order chi connectivity index (χ0) is 14.0. The molecular formula is C11H11F3N4S. The summed E-state index contributed by atoms with van der Waals surface area (Å²) in [7, 11) is 0. The van der Waals surface area contributed by atoms with Crippen LogP contribution in [-0.4, -0.2) is 9.59 Å². The van der Waals surface area contributed by atoms with E-state index in [2.05, 4.69) is 15.0 Å². The summed E-state index contributed by atoms with van der Waals surface area (Å²) < 4.78 is 41.2. The molecule has 3 N–H and O–H groups in total. The number of nitrogens with zero attached hydrogens (tertiary/aromatic N) is 2. The van der Waals surface area contributed by atoms with Gasteiger partial charge in [-0.1, -0.05) is 16.6 Å². The molecule has 0 aliphatic carbocycles. The number of nitrogens with one attached hydrogen (secondary N) is 1. The Morgan fingerprint density at radius 3 is 2.32 bits per heavy atom. The highest BCUT2D eigenvalue weighted by Crippen LogP contribution is 2.31. The third kappa shape index (κ3) is 2.91. The molecule has 1 aromatic heterocycles. The average Bonchev–Trinajstić information content (AvgIpc) is 2.76. The molecule has 0 amide bonds. The van der Waals surface area contributed by atoms with Crippen molar-refractivity contribution in [1.29, 1.82) is 0 Å². The van der Waals surface area contributed by atoms with Gasteiger partial charge in [-0.05, 0) is 36.2 Å². The first-order valence-corrected chi connectivity index (χ1v) is 6.13. The number of nitrogens with two attached hydrogens (primary N) is 1. The number of rotatable bonds is 3. The molecule has 0 saturated carbocycles. The molecule has 4 nitrogen and oxygen atoms in total. The number of alkyl halides is 3. The predicted octanol–water partition coefficient (Wildman–Crippen LogP) is 2.42. The monoisotopic (exact) mass is 288 g/mol. The molecule has 2 rings (SSSR count). The molecule has 1 atom stereocenters. The Hall–Kier alpha value is -1.51. The lowest BCUT2D eigenvalue weighted by Crippen LogP contribution is -2.28. The molecule has 0 spiro atoms. The first kappa shape index (κ1) is 13.9. The molecule has 0 aliphatic heterocycles. The summed E-state index contributed by atoms with van der Waals surface area (Å²) in [6.45, 7) is 1.77. The zero-order valence-corrected chi connectivity index (χ0v) is 10.7. The van der Waals surface area contributed by atoms with Crippen LogP contribution in [-0.2, 0) is 6.18 Å². The minimum Gasteiger partial charge on any atom is -0.271 e. The van der Waals surface area contributed by atoms with E-state index in [4.69, 9.17) is 5.84 Å². The number of hydrazine groups is 1. The summed E-state index contributed by atoms with van der Waals surface area (Å²) in [5.41, 5.74) is 3.21. The predicted molar refractivity (Wildman–Crippen MR) is 65.3 cm³/mol. The summed E-state index contributed by atoms with van der Waals surface area (Å²) in [4.78, 5) is 0.780. The molecule has 0 bridgehead atoms. The molecule has 0 fully saturated rings. The van der Waals surface area contributed by atoms with Crippen molar-refractivity contribution in [3.63, 3.8) is 0 Å². The number of hydrogen-bond donors (Lipinski definition) is 2. The van der Waals surface area contributed by atoms with Crippen LogP contribution in [0.3, 0.4) is 0 Å². The molecule has 102 valence electrons. The summed E-state index contributed by atoms with van der Waals surface area (Å²) >= 11 is 1.16. The molecule has 0 aliphatic rings. The second-order valence-electron chi connectivity index (χ2n) is 3.94. The van der Waals surface area contributed by atoms with Gasteiger partial charge in [-0.2, -0.15) is 13.2 Å². The summed E-state index contributed by atoms with van der Waals surface area (Å²) in [5, 5.41) is 3.86. The van der Waals surface area contributed by atoms with Crippen LogP contribution in [0.1, 0.15) is 27.7 Å². The lowest BCUT2D eigenvalue weighted by Gasteiger charge is -2.15. The number of hydrogen-bond acceptors (Lipinski definition) is 5. The lowest BCUT2D eigenvalue weighted by atomic mass is 10.0. The molecule has 1 aromatic carbocycles. The molecule has 1 heterocycles. The van der Waals surface area contributed by atoms with Gasteiger partial charge in [0.15, 0.2) is 0 Å². The number of aromatic nitrogens is 2. The molecule has 8 heteroatoms. The van der Waals surface area contributed by atoms with E-state index in [1.165, 1.54) is 12.1 Å². The van der Waals surface area contributed by atoms with Gasteiger partial charge in [0.05, 0.1) is 22.2 Å². The van der Waals surface area contributed by atoms with E-state index in [-0.39, 0.29) is 0 Å². The van der Waals surface area contributed by atoms with Crippen LogP contribution in [0.15, 0.2) is 24.3 Å². The van der Waals surface area contributed by atoms with Gasteiger partial charge in [-0.25, -0.2) is 5.43 Å². The van der Waals surface area contributed by atoms with Gasteiger partial charge in [0.1, 0.15) is 0 Å². The second kappa shape index (κ2) is 5.24. The summed E-state index contributed by atoms with van der Waals surface area (Å²) in [6.07, 6.45) is -4.34. The van der Waals surface area contributed by atoms with Crippen LogP contribution in [0.5, 0.6) is 0 Å². The van der Waals surface area contributed by atoms with Crippen LogP contribution < -0.4 is 11.3 Å². The van der Waals surface area contributed by atoms with Crippen molar-refractivity contribution in [2.24, 2.45) is 5.84 Å². The van der Waals surface area contributed by atoms with Gasteiger partial charge in [-0.15, -0.1) is 5.10 Å². The van der Waals surface area contributed by atoms with Crippen LogP contribution >= 0.6 is 11.5 Å². The maximum absolute atomic E-state index is 12.5. The minimum atomic E-state index is -4.34. The maximum Gasteiger partial charge on any atom is 0.416 e. The van der Waals surface area contributed by atoms with Crippen LogP contribution in [0.2, 0.25) is 0 Å². The van der Waals surface area contributed by atoms with Crippen molar-refractivity contribution in [2.75, 3.05) is 0 Å². The smallest absolute Gasteiger partial charge is 0.271 e. The third-order valence-corrected chi connectivity index (χ3v) is 3.58. The van der Waals surface area contributed by atoms with Crippen LogP contribution in [0, 0.1) is 6.92 Å². The van der Waals surface area contributed by atoms with Gasteiger partial charge in [0.2, 0.25) is 0 Å². The first-order valence-electron chi connectivity index (χ1n) is 5.35. The first-order chi connectivity index (χ1) is 8.93. The highest BCUT2D eigenvalue weighted by Gasteiger charge is 2.30. The average molecular weight is 288 g/mol. The normalized spacial score (nSPS) is 13.5. The zero-order valence-electron chi connectivity index (χ0n) is 9.90. The van der Waals surface area contributed by atoms with E-state index in [0.29, 0.717) is 11.3 Å². The van der Waals surface area contributed by atoms with Crippen molar-refractivity contribution in [3.05, 3.63) is 46.0 Å². The van der Waals surface area contributed by atoms with Gasteiger partial charge in [0.25, 0.3) is 0 Å². The van der Waals surface area contributed by atoms with Gasteiger partial charge in [0, 0.05) is 0 Å². The van der Waals surface area contributed by atoms with E-state index >= 15 is 0 Å². The van der Waals surface area contributed by atoms with E-state index in [0.717, 1.165) is 28.5 Å². The maximum atomic E-state index is 12.5. The van der Waals surface area contributed by atoms with Gasteiger partial charge in [-0.3, -0.25) is 5.84 Å². The Morgan fingerprint density at radius 1 is 1.26 bits per heavy atom. The molecule has 19 heavy (non-hydrogen) atoms. The Morgan fingerprint density at radius 2 is 1.89 bits per heavy atom.